The average molecular weight is 535 g/mol. The number of nitrogens with zero attached hydrogens (tertiary/aromatic N) is 1. The van der Waals surface area contributed by atoms with E-state index >= 15 is 0 Å². The van der Waals surface area contributed by atoms with Crippen molar-refractivity contribution in [3.63, 3.8) is 0 Å². The van der Waals surface area contributed by atoms with Gasteiger partial charge in [0.25, 0.3) is 11.8 Å². The van der Waals surface area contributed by atoms with Gasteiger partial charge in [-0.15, -0.1) is 0 Å². The standard InChI is InChI=1S/C23H23BrN2O4S2/c1-4-9-26-22(28)20(32-23(26)31)12-15-5-8-18(19(11-15)29-3)30-13-21(27)25-17-7-6-16(24)10-14(17)2/h5-8,10-12H,4,9,13H2,1-3H3,(H,25,27)/b20-12-. The van der Waals surface area contributed by atoms with Crippen molar-refractivity contribution < 1.29 is 19.1 Å². The van der Waals surface area contributed by atoms with Crippen molar-refractivity contribution in [1.29, 1.82) is 0 Å². The van der Waals surface area contributed by atoms with Gasteiger partial charge < -0.3 is 14.8 Å². The van der Waals surface area contributed by atoms with Gasteiger partial charge in [0.2, 0.25) is 0 Å². The number of methoxy groups -OCH3 is 1. The zero-order valence-electron chi connectivity index (χ0n) is 17.9. The van der Waals surface area contributed by atoms with Gasteiger partial charge in [0, 0.05) is 16.7 Å². The van der Waals surface area contributed by atoms with Crippen molar-refractivity contribution in [1.82, 2.24) is 4.90 Å². The molecule has 1 N–H and O–H groups in total. The lowest BCUT2D eigenvalue weighted by Gasteiger charge is -2.13. The quantitative estimate of drug-likeness (QED) is 0.361. The van der Waals surface area contributed by atoms with Crippen LogP contribution in [0, 0.1) is 6.92 Å². The molecule has 2 aromatic rings. The minimum atomic E-state index is -0.277. The second-order valence-electron chi connectivity index (χ2n) is 7.04. The molecule has 0 aromatic heterocycles. The molecule has 0 atom stereocenters. The smallest absolute Gasteiger partial charge is 0.266 e. The van der Waals surface area contributed by atoms with Gasteiger partial charge in [-0.1, -0.05) is 52.9 Å². The van der Waals surface area contributed by atoms with Gasteiger partial charge in [-0.25, -0.2) is 0 Å². The highest BCUT2D eigenvalue weighted by Crippen LogP contribution is 2.34. The Labute approximate surface area is 205 Å². The van der Waals surface area contributed by atoms with E-state index in [9.17, 15) is 9.59 Å². The predicted molar refractivity (Wildman–Crippen MR) is 136 cm³/mol. The number of carbonyl (C=O) groups is 2. The molecule has 6 nitrogen and oxygen atoms in total. The molecule has 1 fully saturated rings. The van der Waals surface area contributed by atoms with Crippen LogP contribution in [0.4, 0.5) is 5.69 Å². The molecule has 0 spiro atoms. The average Bonchev–Trinajstić information content (AvgIpc) is 3.02. The van der Waals surface area contributed by atoms with Crippen LogP contribution in [0.15, 0.2) is 45.8 Å². The van der Waals surface area contributed by atoms with Crippen LogP contribution < -0.4 is 14.8 Å². The summed E-state index contributed by atoms with van der Waals surface area (Å²) in [6.07, 6.45) is 2.62. The summed E-state index contributed by atoms with van der Waals surface area (Å²) in [4.78, 5) is 27.1. The highest BCUT2D eigenvalue weighted by atomic mass is 79.9. The van der Waals surface area contributed by atoms with Crippen LogP contribution in [0.1, 0.15) is 24.5 Å². The molecule has 3 rings (SSSR count). The molecule has 1 heterocycles. The number of carbonyl (C=O) groups excluding carboxylic acids is 2. The molecular weight excluding hydrogens is 512 g/mol. The van der Waals surface area contributed by atoms with Crippen LogP contribution in [0.2, 0.25) is 0 Å². The molecule has 0 bridgehead atoms. The van der Waals surface area contributed by atoms with Gasteiger partial charge in [0.1, 0.15) is 4.32 Å². The van der Waals surface area contributed by atoms with Crippen molar-refractivity contribution in [3.8, 4) is 11.5 Å². The monoisotopic (exact) mass is 534 g/mol. The van der Waals surface area contributed by atoms with Crippen molar-refractivity contribution >= 4 is 67.8 Å². The number of thiocarbonyl (C=S) groups is 1. The minimum Gasteiger partial charge on any atom is -0.493 e. The highest BCUT2D eigenvalue weighted by Gasteiger charge is 2.31. The Balaban J connectivity index is 1.67. The molecule has 2 aromatic carbocycles. The van der Waals surface area contributed by atoms with E-state index in [1.165, 1.54) is 18.9 Å². The number of aryl methyl sites for hydroxylation is 1. The summed E-state index contributed by atoms with van der Waals surface area (Å²) in [7, 11) is 1.53. The molecule has 2 amide bonds. The maximum absolute atomic E-state index is 12.5. The van der Waals surface area contributed by atoms with E-state index < -0.39 is 0 Å². The van der Waals surface area contributed by atoms with E-state index in [4.69, 9.17) is 21.7 Å². The van der Waals surface area contributed by atoms with E-state index in [1.54, 1.807) is 29.2 Å². The zero-order chi connectivity index (χ0) is 23.3. The molecule has 168 valence electrons. The Bertz CT molecular complexity index is 1090. The molecule has 0 aliphatic carbocycles. The summed E-state index contributed by atoms with van der Waals surface area (Å²) in [6, 6.07) is 10.9. The van der Waals surface area contributed by atoms with E-state index in [1.807, 2.05) is 32.0 Å². The summed E-state index contributed by atoms with van der Waals surface area (Å²) in [6.45, 7) is 4.37. The van der Waals surface area contributed by atoms with E-state index in [0.29, 0.717) is 27.3 Å². The first-order valence-corrected chi connectivity index (χ1v) is 12.0. The summed E-state index contributed by atoms with van der Waals surface area (Å²) < 4.78 is 12.6. The minimum absolute atomic E-state index is 0.0824. The third kappa shape index (κ3) is 5.90. The lowest BCUT2D eigenvalue weighted by molar-refractivity contribution is -0.122. The van der Waals surface area contributed by atoms with Crippen LogP contribution in [-0.2, 0) is 9.59 Å². The van der Waals surface area contributed by atoms with Crippen molar-refractivity contribution in [2.75, 3.05) is 25.6 Å². The number of hydrogen-bond donors (Lipinski definition) is 1. The molecule has 1 aliphatic rings. The summed E-state index contributed by atoms with van der Waals surface area (Å²) in [5.74, 6) is 0.545. The lowest BCUT2D eigenvalue weighted by atomic mass is 10.2. The molecule has 0 radical (unpaired) electrons. The fourth-order valence-corrected chi connectivity index (χ4v) is 4.84. The van der Waals surface area contributed by atoms with Crippen molar-refractivity contribution in [2.24, 2.45) is 0 Å². The first-order valence-electron chi connectivity index (χ1n) is 9.94. The largest absolute Gasteiger partial charge is 0.493 e. The Morgan fingerprint density at radius 3 is 2.72 bits per heavy atom. The highest BCUT2D eigenvalue weighted by molar-refractivity contribution is 9.10. The zero-order valence-corrected chi connectivity index (χ0v) is 21.2. The number of hydrogen-bond acceptors (Lipinski definition) is 6. The van der Waals surface area contributed by atoms with E-state index in [-0.39, 0.29) is 18.4 Å². The summed E-state index contributed by atoms with van der Waals surface area (Å²) in [5.41, 5.74) is 2.45. The first-order chi connectivity index (χ1) is 15.3. The van der Waals surface area contributed by atoms with Crippen LogP contribution in [0.3, 0.4) is 0 Å². The first kappa shape index (κ1) is 24.3. The Hall–Kier alpha value is -2.36. The molecule has 0 saturated carbocycles. The van der Waals surface area contributed by atoms with E-state index in [2.05, 4.69) is 21.2 Å². The molecule has 1 aliphatic heterocycles. The number of benzene rings is 2. The van der Waals surface area contributed by atoms with Crippen LogP contribution in [0.25, 0.3) is 6.08 Å². The number of amides is 2. The molecule has 32 heavy (non-hydrogen) atoms. The number of halogens is 1. The topological polar surface area (TPSA) is 67.9 Å². The fraction of sp³-hybridized carbons (Fsp3) is 0.261. The molecule has 0 unspecified atom stereocenters. The number of ether oxygens (including phenoxy) is 2. The second kappa shape index (κ2) is 11.0. The SMILES string of the molecule is CCCN1C(=O)/C(=C/c2ccc(OCC(=O)Nc3ccc(Br)cc3C)c(OC)c2)SC1=S. The van der Waals surface area contributed by atoms with Gasteiger partial charge >= 0.3 is 0 Å². The number of thioether (sulfide) groups is 1. The summed E-state index contributed by atoms with van der Waals surface area (Å²) >= 11 is 10.0. The second-order valence-corrected chi connectivity index (χ2v) is 9.63. The van der Waals surface area contributed by atoms with Crippen molar-refractivity contribution in [3.05, 3.63) is 56.9 Å². The van der Waals surface area contributed by atoms with Gasteiger partial charge in [0.05, 0.1) is 12.0 Å². The summed E-state index contributed by atoms with van der Waals surface area (Å²) in [5, 5.41) is 2.84. The van der Waals surface area contributed by atoms with Crippen LogP contribution in [-0.4, -0.2) is 41.3 Å². The Kier molecular flexibility index (Phi) is 8.33. The maximum Gasteiger partial charge on any atom is 0.266 e. The third-order valence-electron chi connectivity index (χ3n) is 4.63. The van der Waals surface area contributed by atoms with Gasteiger partial charge in [-0.05, 0) is 60.9 Å². The van der Waals surface area contributed by atoms with Crippen molar-refractivity contribution in [2.45, 2.75) is 20.3 Å². The maximum atomic E-state index is 12.5. The van der Waals surface area contributed by atoms with Crippen LogP contribution in [0.5, 0.6) is 11.5 Å². The molecule has 9 heteroatoms. The van der Waals surface area contributed by atoms with Gasteiger partial charge in [-0.3, -0.25) is 14.5 Å². The predicted octanol–water partition coefficient (Wildman–Crippen LogP) is 5.39. The fourth-order valence-electron chi connectivity index (χ4n) is 3.06. The number of nitrogens with one attached hydrogen (secondary N) is 1. The Morgan fingerprint density at radius 2 is 2.03 bits per heavy atom. The van der Waals surface area contributed by atoms with Gasteiger partial charge in [-0.2, -0.15) is 0 Å². The molecule has 1 saturated heterocycles. The Morgan fingerprint density at radius 1 is 1.25 bits per heavy atom. The molecular formula is C23H23BrN2O4S2. The van der Waals surface area contributed by atoms with Gasteiger partial charge in [0.15, 0.2) is 18.1 Å². The lowest BCUT2D eigenvalue weighted by Crippen LogP contribution is -2.28. The van der Waals surface area contributed by atoms with Crippen LogP contribution >= 0.6 is 39.9 Å². The third-order valence-corrected chi connectivity index (χ3v) is 6.50. The van der Waals surface area contributed by atoms with E-state index in [0.717, 1.165) is 27.7 Å². The normalized spacial score (nSPS) is 14.8. The number of anilines is 1. The number of rotatable bonds is 8.